The van der Waals surface area contributed by atoms with Crippen LogP contribution in [0.2, 0.25) is 0 Å². The van der Waals surface area contributed by atoms with E-state index in [4.69, 9.17) is 4.74 Å². The topological polar surface area (TPSA) is 26.3 Å². The summed E-state index contributed by atoms with van der Waals surface area (Å²) in [6, 6.07) is 0. The molecule has 25 heavy (non-hydrogen) atoms. The first-order chi connectivity index (χ1) is 12.1. The Morgan fingerprint density at radius 3 is 2.12 bits per heavy atom. The predicted molar refractivity (Wildman–Crippen MR) is 103 cm³/mol. The molecule has 0 aliphatic heterocycles. The highest BCUT2D eigenvalue weighted by molar-refractivity contribution is 5.72. The van der Waals surface area contributed by atoms with E-state index in [9.17, 15) is 4.79 Å². The van der Waals surface area contributed by atoms with E-state index >= 15 is 0 Å². The van der Waals surface area contributed by atoms with E-state index in [0.29, 0.717) is 5.92 Å². The fourth-order valence-electron chi connectivity index (χ4n) is 5.79. The maximum absolute atomic E-state index is 12.6. The van der Waals surface area contributed by atoms with Crippen molar-refractivity contribution in [2.24, 2.45) is 29.6 Å². The monoisotopic (exact) mass is 348 g/mol. The van der Waals surface area contributed by atoms with Crippen LogP contribution >= 0.6 is 0 Å². The Labute approximate surface area is 155 Å². The molecule has 2 heteroatoms. The Kier molecular flexibility index (Phi) is 7.25. The summed E-state index contributed by atoms with van der Waals surface area (Å²) in [6.45, 7) is 4.55. The third-order valence-corrected chi connectivity index (χ3v) is 7.69. The Bertz CT molecular complexity index is 404. The van der Waals surface area contributed by atoms with Gasteiger partial charge in [-0.2, -0.15) is 0 Å². The zero-order valence-electron chi connectivity index (χ0n) is 16.7. The summed E-state index contributed by atoms with van der Waals surface area (Å²) in [5.41, 5.74) is 0. The Balaban J connectivity index is 1.41. The average Bonchev–Trinajstić information content (AvgIpc) is 2.87. The smallest absolute Gasteiger partial charge is 0.309 e. The lowest BCUT2D eigenvalue weighted by Gasteiger charge is -2.34. The minimum Gasteiger partial charge on any atom is -0.462 e. The van der Waals surface area contributed by atoms with Gasteiger partial charge in [-0.15, -0.1) is 0 Å². The highest BCUT2D eigenvalue weighted by Crippen LogP contribution is 2.40. The maximum atomic E-state index is 12.6. The minimum atomic E-state index is 0.117. The Morgan fingerprint density at radius 1 is 0.760 bits per heavy atom. The summed E-state index contributed by atoms with van der Waals surface area (Å²) in [4.78, 5) is 12.6. The fraction of sp³-hybridized carbons (Fsp3) is 0.957. The largest absolute Gasteiger partial charge is 0.462 e. The van der Waals surface area contributed by atoms with Crippen LogP contribution in [0.1, 0.15) is 104 Å². The number of carbonyl (C=O) groups is 1. The van der Waals surface area contributed by atoms with E-state index in [0.717, 1.165) is 30.6 Å². The molecular formula is C23H40O2. The number of ether oxygens (including phenoxy) is 1. The summed E-state index contributed by atoms with van der Waals surface area (Å²) in [7, 11) is 0. The number of rotatable bonds is 4. The van der Waals surface area contributed by atoms with Gasteiger partial charge in [-0.05, 0) is 75.5 Å². The van der Waals surface area contributed by atoms with Gasteiger partial charge in [0.2, 0.25) is 0 Å². The first kappa shape index (κ1) is 19.2. The molecule has 0 amide bonds. The quantitative estimate of drug-likeness (QED) is 0.427. The lowest BCUT2D eigenvalue weighted by atomic mass is 9.73. The molecule has 3 saturated carbocycles. The van der Waals surface area contributed by atoms with E-state index in [2.05, 4.69) is 13.8 Å². The molecule has 0 heterocycles. The summed E-state index contributed by atoms with van der Waals surface area (Å²) < 4.78 is 5.91. The van der Waals surface area contributed by atoms with Crippen molar-refractivity contribution >= 4 is 5.97 Å². The van der Waals surface area contributed by atoms with Gasteiger partial charge in [-0.3, -0.25) is 4.79 Å². The van der Waals surface area contributed by atoms with Gasteiger partial charge in [-0.1, -0.05) is 51.9 Å². The normalized spacial score (nSPS) is 36.4. The van der Waals surface area contributed by atoms with Crippen LogP contribution in [0, 0.1) is 29.6 Å². The lowest BCUT2D eigenvalue weighted by Crippen LogP contribution is -2.32. The molecule has 3 aliphatic carbocycles. The van der Waals surface area contributed by atoms with Gasteiger partial charge < -0.3 is 4.74 Å². The summed E-state index contributed by atoms with van der Waals surface area (Å²) in [5.74, 6) is 3.66. The molecule has 0 aromatic carbocycles. The summed E-state index contributed by atoms with van der Waals surface area (Å²) >= 11 is 0. The zero-order chi connectivity index (χ0) is 17.6. The second-order valence-electron chi connectivity index (χ2n) is 9.53. The molecule has 0 aromatic heterocycles. The molecule has 0 spiro atoms. The van der Waals surface area contributed by atoms with Crippen molar-refractivity contribution in [1.29, 1.82) is 0 Å². The molecule has 0 bridgehead atoms. The molecule has 0 N–H and O–H groups in total. The standard InChI is InChI=1S/C23H40O2/c1-17-7-6-10-20(12-11-17)21-13-15-22(16-14-21)23(24)25-18(2)19-8-4-3-5-9-19/h17-22H,3-16H2,1-2H3. The number of esters is 1. The molecule has 144 valence electrons. The third kappa shape index (κ3) is 5.47. The minimum absolute atomic E-state index is 0.117. The van der Waals surface area contributed by atoms with E-state index in [1.165, 1.54) is 77.0 Å². The van der Waals surface area contributed by atoms with Crippen LogP contribution in [0.5, 0.6) is 0 Å². The molecule has 3 rings (SSSR count). The highest BCUT2D eigenvalue weighted by atomic mass is 16.5. The summed E-state index contributed by atoms with van der Waals surface area (Å²) in [6.07, 6.45) is 18.4. The van der Waals surface area contributed by atoms with E-state index in [-0.39, 0.29) is 18.0 Å². The SMILES string of the molecule is CC1CCCC(C2CCC(C(=O)OC(C)C3CCCCC3)CC2)CC1. The van der Waals surface area contributed by atoms with E-state index in [1.807, 2.05) is 0 Å². The third-order valence-electron chi connectivity index (χ3n) is 7.69. The molecule has 3 unspecified atom stereocenters. The van der Waals surface area contributed by atoms with Gasteiger partial charge in [0.05, 0.1) is 5.92 Å². The van der Waals surface area contributed by atoms with Crippen molar-refractivity contribution in [2.45, 2.75) is 110 Å². The highest BCUT2D eigenvalue weighted by Gasteiger charge is 2.33. The van der Waals surface area contributed by atoms with Gasteiger partial charge in [0.15, 0.2) is 0 Å². The first-order valence-corrected chi connectivity index (χ1v) is 11.3. The van der Waals surface area contributed by atoms with Gasteiger partial charge in [0.1, 0.15) is 6.10 Å². The van der Waals surface area contributed by atoms with Gasteiger partial charge in [0, 0.05) is 0 Å². The van der Waals surface area contributed by atoms with Gasteiger partial charge in [0.25, 0.3) is 0 Å². The first-order valence-electron chi connectivity index (χ1n) is 11.3. The van der Waals surface area contributed by atoms with Crippen molar-refractivity contribution in [3.63, 3.8) is 0 Å². The van der Waals surface area contributed by atoms with Crippen LogP contribution in [-0.2, 0) is 9.53 Å². The van der Waals surface area contributed by atoms with Gasteiger partial charge >= 0.3 is 5.97 Å². The molecule has 3 atom stereocenters. The Hall–Kier alpha value is -0.530. The second-order valence-corrected chi connectivity index (χ2v) is 9.53. The number of hydrogen-bond donors (Lipinski definition) is 0. The van der Waals surface area contributed by atoms with Crippen LogP contribution in [0.25, 0.3) is 0 Å². The molecule has 3 aliphatic rings. The number of hydrogen-bond acceptors (Lipinski definition) is 2. The van der Waals surface area contributed by atoms with Gasteiger partial charge in [-0.25, -0.2) is 0 Å². The van der Waals surface area contributed by atoms with E-state index in [1.54, 1.807) is 0 Å². The molecule has 2 nitrogen and oxygen atoms in total. The van der Waals surface area contributed by atoms with Crippen LogP contribution in [-0.4, -0.2) is 12.1 Å². The van der Waals surface area contributed by atoms with Crippen molar-refractivity contribution in [1.82, 2.24) is 0 Å². The second kappa shape index (κ2) is 9.42. The van der Waals surface area contributed by atoms with Crippen molar-refractivity contribution in [3.8, 4) is 0 Å². The summed E-state index contributed by atoms with van der Waals surface area (Å²) in [5, 5.41) is 0. The van der Waals surface area contributed by atoms with Crippen LogP contribution in [0.3, 0.4) is 0 Å². The number of carbonyl (C=O) groups excluding carboxylic acids is 1. The van der Waals surface area contributed by atoms with Crippen LogP contribution < -0.4 is 0 Å². The van der Waals surface area contributed by atoms with Crippen LogP contribution in [0.15, 0.2) is 0 Å². The molecule has 0 aromatic rings. The van der Waals surface area contributed by atoms with Crippen molar-refractivity contribution in [3.05, 3.63) is 0 Å². The average molecular weight is 349 g/mol. The Morgan fingerprint density at radius 2 is 1.40 bits per heavy atom. The van der Waals surface area contributed by atoms with E-state index < -0.39 is 0 Å². The van der Waals surface area contributed by atoms with Crippen molar-refractivity contribution < 1.29 is 9.53 Å². The molecule has 0 radical (unpaired) electrons. The van der Waals surface area contributed by atoms with Crippen molar-refractivity contribution in [2.75, 3.05) is 0 Å². The molecular weight excluding hydrogens is 308 g/mol. The fourth-order valence-corrected chi connectivity index (χ4v) is 5.79. The zero-order valence-corrected chi connectivity index (χ0v) is 16.7. The molecule has 0 saturated heterocycles. The lowest BCUT2D eigenvalue weighted by molar-refractivity contribution is -0.158. The maximum Gasteiger partial charge on any atom is 0.309 e. The predicted octanol–water partition coefficient (Wildman–Crippen LogP) is 6.52. The van der Waals surface area contributed by atoms with Crippen LogP contribution in [0.4, 0.5) is 0 Å². The molecule has 3 fully saturated rings.